The third-order valence-electron chi connectivity index (χ3n) is 3.02. The molecule has 0 saturated heterocycles. The van der Waals surface area contributed by atoms with E-state index in [1.807, 2.05) is 0 Å². The molecule has 0 spiro atoms. The number of hydrogen-bond donors (Lipinski definition) is 0. The zero-order valence-electron chi connectivity index (χ0n) is 9.57. The van der Waals surface area contributed by atoms with Crippen LogP contribution in [-0.2, 0) is 0 Å². The smallest absolute Gasteiger partial charge is 0.00982 e. The van der Waals surface area contributed by atoms with Crippen LogP contribution in [-0.4, -0.2) is 0 Å². The van der Waals surface area contributed by atoms with Gasteiger partial charge in [0.15, 0.2) is 0 Å². The highest BCUT2D eigenvalue weighted by Crippen LogP contribution is 2.43. The Labute approximate surface area is 78.1 Å². The van der Waals surface area contributed by atoms with Crippen LogP contribution >= 0.6 is 0 Å². The van der Waals surface area contributed by atoms with Gasteiger partial charge in [0.2, 0.25) is 0 Å². The Hall–Kier alpha value is -0.260. The standard InChI is InChI=1S/C12H24/c1-7-9-12(6,10-8-2)11(3,4)5/h7,9H,8,10H2,1-6H3. The molecule has 0 nitrogen and oxygen atoms in total. The highest BCUT2D eigenvalue weighted by molar-refractivity contribution is 5.02. The fraction of sp³-hybridized carbons (Fsp3) is 0.833. The lowest BCUT2D eigenvalue weighted by Gasteiger charge is -2.39. The van der Waals surface area contributed by atoms with E-state index in [2.05, 4.69) is 53.7 Å². The molecule has 0 aliphatic heterocycles. The maximum atomic E-state index is 2.36. The molecule has 72 valence electrons. The van der Waals surface area contributed by atoms with Gasteiger partial charge < -0.3 is 0 Å². The molecule has 0 amide bonds. The Kier molecular flexibility index (Phi) is 4.02. The summed E-state index contributed by atoms with van der Waals surface area (Å²) < 4.78 is 0. The van der Waals surface area contributed by atoms with Crippen molar-refractivity contribution in [1.29, 1.82) is 0 Å². The molecule has 1 atom stereocenters. The second-order valence-electron chi connectivity index (χ2n) is 4.92. The molecule has 0 heteroatoms. The van der Waals surface area contributed by atoms with Crippen molar-refractivity contribution in [2.75, 3.05) is 0 Å². The molecule has 0 radical (unpaired) electrons. The van der Waals surface area contributed by atoms with E-state index < -0.39 is 0 Å². The summed E-state index contributed by atoms with van der Waals surface area (Å²) in [5.74, 6) is 0. The maximum Gasteiger partial charge on any atom is -0.00982 e. The van der Waals surface area contributed by atoms with Gasteiger partial charge in [-0.25, -0.2) is 0 Å². The van der Waals surface area contributed by atoms with Crippen LogP contribution in [0.15, 0.2) is 12.2 Å². The quantitative estimate of drug-likeness (QED) is 0.547. The normalized spacial score (nSPS) is 18.2. The van der Waals surface area contributed by atoms with Crippen molar-refractivity contribution in [2.45, 2.75) is 54.4 Å². The first-order valence-corrected chi connectivity index (χ1v) is 5.01. The van der Waals surface area contributed by atoms with Crippen molar-refractivity contribution in [2.24, 2.45) is 10.8 Å². The van der Waals surface area contributed by atoms with E-state index in [0.29, 0.717) is 10.8 Å². The van der Waals surface area contributed by atoms with Gasteiger partial charge >= 0.3 is 0 Å². The minimum Gasteiger partial charge on any atom is -0.0911 e. The molecule has 0 saturated carbocycles. The maximum absolute atomic E-state index is 2.36. The van der Waals surface area contributed by atoms with E-state index in [0.717, 1.165) is 0 Å². The van der Waals surface area contributed by atoms with Crippen molar-refractivity contribution in [1.82, 2.24) is 0 Å². The number of rotatable bonds is 3. The summed E-state index contributed by atoms with van der Waals surface area (Å²) >= 11 is 0. The van der Waals surface area contributed by atoms with E-state index >= 15 is 0 Å². The molecule has 0 aromatic rings. The zero-order chi connectivity index (χ0) is 9.83. The fourth-order valence-electron chi connectivity index (χ4n) is 1.60. The van der Waals surface area contributed by atoms with Gasteiger partial charge in [0.25, 0.3) is 0 Å². The van der Waals surface area contributed by atoms with Crippen molar-refractivity contribution in [3.05, 3.63) is 12.2 Å². The van der Waals surface area contributed by atoms with Crippen LogP contribution in [0.2, 0.25) is 0 Å². The van der Waals surface area contributed by atoms with E-state index in [9.17, 15) is 0 Å². The predicted molar refractivity (Wildman–Crippen MR) is 57.3 cm³/mol. The summed E-state index contributed by atoms with van der Waals surface area (Å²) in [6.07, 6.45) is 7.08. The largest absolute Gasteiger partial charge is 0.0911 e. The lowest BCUT2D eigenvalue weighted by Crippen LogP contribution is -2.30. The van der Waals surface area contributed by atoms with Gasteiger partial charge in [-0.1, -0.05) is 53.2 Å². The second kappa shape index (κ2) is 4.11. The van der Waals surface area contributed by atoms with Gasteiger partial charge in [-0.3, -0.25) is 0 Å². The molecule has 0 aromatic heterocycles. The van der Waals surface area contributed by atoms with Gasteiger partial charge in [0.1, 0.15) is 0 Å². The average Bonchev–Trinajstić information content (AvgIpc) is 1.86. The molecule has 0 fully saturated rings. The van der Waals surface area contributed by atoms with Crippen molar-refractivity contribution < 1.29 is 0 Å². The monoisotopic (exact) mass is 168 g/mol. The summed E-state index contributed by atoms with van der Waals surface area (Å²) in [6, 6.07) is 0. The molecule has 0 aliphatic carbocycles. The summed E-state index contributed by atoms with van der Waals surface area (Å²) in [5, 5.41) is 0. The highest BCUT2D eigenvalue weighted by Gasteiger charge is 2.33. The van der Waals surface area contributed by atoms with Gasteiger partial charge in [0, 0.05) is 0 Å². The van der Waals surface area contributed by atoms with Crippen LogP contribution in [0.25, 0.3) is 0 Å². The minimum atomic E-state index is 0.358. The molecular weight excluding hydrogens is 144 g/mol. The Morgan fingerprint density at radius 1 is 1.08 bits per heavy atom. The Balaban J connectivity index is 4.61. The molecule has 0 heterocycles. The van der Waals surface area contributed by atoms with Crippen molar-refractivity contribution in [3.63, 3.8) is 0 Å². The summed E-state index contributed by atoms with van der Waals surface area (Å²) in [5.41, 5.74) is 0.728. The highest BCUT2D eigenvalue weighted by atomic mass is 14.4. The summed E-state index contributed by atoms with van der Waals surface area (Å²) in [4.78, 5) is 0. The first kappa shape index (κ1) is 11.7. The van der Waals surface area contributed by atoms with E-state index in [-0.39, 0.29) is 0 Å². The first-order valence-electron chi connectivity index (χ1n) is 5.01. The molecular formula is C12H24. The zero-order valence-corrected chi connectivity index (χ0v) is 9.57. The topological polar surface area (TPSA) is 0 Å². The number of hydrogen-bond acceptors (Lipinski definition) is 0. The Morgan fingerprint density at radius 3 is 1.83 bits per heavy atom. The molecule has 12 heavy (non-hydrogen) atoms. The third-order valence-corrected chi connectivity index (χ3v) is 3.02. The van der Waals surface area contributed by atoms with Gasteiger partial charge in [0.05, 0.1) is 0 Å². The third kappa shape index (κ3) is 2.66. The summed E-state index contributed by atoms with van der Waals surface area (Å²) in [6.45, 7) is 13.7. The molecule has 0 N–H and O–H groups in total. The molecule has 0 aromatic carbocycles. The first-order chi connectivity index (χ1) is 5.37. The van der Waals surface area contributed by atoms with Crippen molar-refractivity contribution >= 4 is 0 Å². The lowest BCUT2D eigenvalue weighted by molar-refractivity contribution is 0.154. The Morgan fingerprint density at radius 2 is 1.58 bits per heavy atom. The van der Waals surface area contributed by atoms with Gasteiger partial charge in [-0.15, -0.1) is 0 Å². The van der Waals surface area contributed by atoms with Crippen LogP contribution in [0.3, 0.4) is 0 Å². The Bertz CT molecular complexity index is 148. The fourth-order valence-corrected chi connectivity index (χ4v) is 1.60. The molecule has 0 rings (SSSR count). The van der Waals surface area contributed by atoms with Crippen LogP contribution < -0.4 is 0 Å². The van der Waals surface area contributed by atoms with E-state index in [4.69, 9.17) is 0 Å². The van der Waals surface area contributed by atoms with E-state index in [1.165, 1.54) is 12.8 Å². The predicted octanol–water partition coefficient (Wildman–Crippen LogP) is 4.42. The second-order valence-corrected chi connectivity index (χ2v) is 4.92. The molecule has 0 bridgehead atoms. The SMILES string of the molecule is CC=CC(C)(CCC)C(C)(C)C. The van der Waals surface area contributed by atoms with E-state index in [1.54, 1.807) is 0 Å². The lowest BCUT2D eigenvalue weighted by atomic mass is 9.65. The van der Waals surface area contributed by atoms with Crippen molar-refractivity contribution in [3.8, 4) is 0 Å². The minimum absolute atomic E-state index is 0.358. The van der Waals surface area contributed by atoms with Crippen LogP contribution in [0.1, 0.15) is 54.4 Å². The molecule has 1 unspecified atom stereocenters. The van der Waals surface area contributed by atoms with Gasteiger partial charge in [-0.05, 0) is 24.2 Å². The van der Waals surface area contributed by atoms with Crippen LogP contribution in [0.5, 0.6) is 0 Å². The van der Waals surface area contributed by atoms with Crippen LogP contribution in [0, 0.1) is 10.8 Å². The van der Waals surface area contributed by atoms with Gasteiger partial charge in [-0.2, -0.15) is 0 Å². The molecule has 0 aliphatic rings. The number of allylic oxidation sites excluding steroid dienone is 2. The average molecular weight is 168 g/mol. The van der Waals surface area contributed by atoms with Crippen LogP contribution in [0.4, 0.5) is 0 Å². The summed E-state index contributed by atoms with van der Waals surface area (Å²) in [7, 11) is 0.